The number of ether oxygens (including phenoxy) is 2. The number of rotatable bonds is 6. The molecule has 0 amide bonds. The molecule has 1 aromatic heterocycles. The van der Waals surface area contributed by atoms with Gasteiger partial charge in [0.1, 0.15) is 48.7 Å². The molecule has 28 heavy (non-hydrogen) atoms. The van der Waals surface area contributed by atoms with Crippen LogP contribution in [0.3, 0.4) is 0 Å². The Morgan fingerprint density at radius 2 is 2.14 bits per heavy atom. The number of H-pyrrole nitrogens is 1. The van der Waals surface area contributed by atoms with E-state index in [1.54, 1.807) is 19.1 Å². The second-order valence-corrected chi connectivity index (χ2v) is 8.10. The molecule has 0 radical (unpaired) electrons. The van der Waals surface area contributed by atoms with Gasteiger partial charge in [0.25, 0.3) is 0 Å². The summed E-state index contributed by atoms with van der Waals surface area (Å²) in [7, 11) is 0. The number of aromatic nitrogens is 1. The summed E-state index contributed by atoms with van der Waals surface area (Å²) in [5.41, 5.74) is 10.7. The van der Waals surface area contributed by atoms with Crippen LogP contribution in [-0.2, 0) is 19.9 Å². The third-order valence-electron chi connectivity index (χ3n) is 4.94. The van der Waals surface area contributed by atoms with Crippen molar-refractivity contribution in [3.05, 3.63) is 23.5 Å². The Morgan fingerprint density at radius 1 is 1.50 bits per heavy atom. The maximum Gasteiger partial charge on any atom is 0.323 e. The van der Waals surface area contributed by atoms with E-state index in [2.05, 4.69) is 9.98 Å². The zero-order valence-corrected chi connectivity index (χ0v) is 16.5. The minimum absolute atomic E-state index is 0.0968. The minimum Gasteiger partial charge on any atom is -0.462 e. The van der Waals surface area contributed by atoms with Crippen LogP contribution >= 0.6 is 0 Å². The van der Waals surface area contributed by atoms with E-state index < -0.39 is 41.3 Å². The maximum absolute atomic E-state index is 12.1. The molecule has 2 rings (SSSR count). The molecule has 8 N–H and O–H groups in total. The molecule has 2 heterocycles. The van der Waals surface area contributed by atoms with Gasteiger partial charge in [-0.2, -0.15) is 0 Å². The summed E-state index contributed by atoms with van der Waals surface area (Å²) >= 11 is 0. The van der Waals surface area contributed by atoms with Crippen LogP contribution < -0.4 is 11.5 Å². The van der Waals surface area contributed by atoms with Gasteiger partial charge in [-0.3, -0.25) is 10.2 Å². The van der Waals surface area contributed by atoms with E-state index in [4.69, 9.17) is 26.4 Å². The molecule has 10 nitrogen and oxygen atoms in total. The zero-order chi connectivity index (χ0) is 21.3. The summed E-state index contributed by atoms with van der Waals surface area (Å²) in [6.45, 7) is 6.80. The summed E-state index contributed by atoms with van der Waals surface area (Å²) in [6.07, 6.45) is -2.67. The molecule has 1 saturated heterocycles. The maximum atomic E-state index is 12.1. The van der Waals surface area contributed by atoms with E-state index in [-0.39, 0.29) is 12.4 Å². The van der Waals surface area contributed by atoms with Crippen LogP contribution in [0.15, 0.2) is 17.1 Å². The normalized spacial score (nSPS) is 29.5. The number of aromatic amines is 1. The van der Waals surface area contributed by atoms with Crippen molar-refractivity contribution in [3.8, 4) is 0 Å². The molecule has 0 spiro atoms. The number of amidine groups is 1. The molecular weight excluding hydrogens is 366 g/mol. The van der Waals surface area contributed by atoms with E-state index in [0.29, 0.717) is 11.4 Å². The first-order valence-corrected chi connectivity index (χ1v) is 8.90. The number of nitrogens with one attached hydrogen (secondary N) is 2. The number of aliphatic imine (C=N–C) groups is 1. The van der Waals surface area contributed by atoms with Crippen molar-refractivity contribution in [1.29, 1.82) is 5.41 Å². The highest BCUT2D eigenvalue weighted by molar-refractivity contribution is 5.99. The van der Waals surface area contributed by atoms with Gasteiger partial charge in [-0.1, -0.05) is 20.8 Å². The van der Waals surface area contributed by atoms with Crippen LogP contribution in [0.4, 0.5) is 0 Å². The van der Waals surface area contributed by atoms with E-state index in [0.717, 1.165) is 6.34 Å². The quantitative estimate of drug-likeness (QED) is 0.215. The molecule has 1 aliphatic heterocycles. The predicted octanol–water partition coefficient (Wildman–Crippen LogP) is -0.421. The van der Waals surface area contributed by atoms with E-state index in [1.807, 2.05) is 20.8 Å². The number of hydrogen-bond donors (Lipinski definition) is 6. The van der Waals surface area contributed by atoms with E-state index in [9.17, 15) is 15.0 Å². The molecule has 1 fully saturated rings. The smallest absolute Gasteiger partial charge is 0.323 e. The van der Waals surface area contributed by atoms with Gasteiger partial charge in [-0.15, -0.1) is 0 Å². The van der Waals surface area contributed by atoms with Gasteiger partial charge in [0.2, 0.25) is 0 Å². The Labute approximate surface area is 163 Å². The SMILES string of the molecule is CC(C)(C)[C@@H](N)C(=O)OC[C@H]1O[C@@](C)(c2ccc(C(N)=NC=N)[nH]2)[C@H](O)[C@@H]1O. The molecule has 0 aliphatic carbocycles. The highest BCUT2D eigenvalue weighted by Gasteiger charge is 2.53. The van der Waals surface area contributed by atoms with Crippen LogP contribution in [0, 0.1) is 10.8 Å². The Hall–Kier alpha value is -2.27. The third kappa shape index (κ3) is 4.25. The van der Waals surface area contributed by atoms with Gasteiger partial charge in [0.15, 0.2) is 0 Å². The molecule has 1 aromatic rings. The monoisotopic (exact) mass is 395 g/mol. The molecule has 1 aliphatic rings. The second-order valence-electron chi connectivity index (χ2n) is 8.10. The summed E-state index contributed by atoms with van der Waals surface area (Å²) in [5.74, 6) is -0.510. The summed E-state index contributed by atoms with van der Waals surface area (Å²) < 4.78 is 11.1. The Bertz CT molecular complexity index is 756. The van der Waals surface area contributed by atoms with Gasteiger partial charge < -0.3 is 36.1 Å². The number of carbonyl (C=O) groups is 1. The topological polar surface area (TPSA) is 180 Å². The molecule has 0 aromatic carbocycles. The summed E-state index contributed by atoms with van der Waals surface area (Å²) in [5, 5.41) is 27.9. The molecular formula is C18H29N5O5. The lowest BCUT2D eigenvalue weighted by molar-refractivity contribution is -0.155. The first-order chi connectivity index (χ1) is 12.9. The van der Waals surface area contributed by atoms with Crippen LogP contribution in [0.5, 0.6) is 0 Å². The number of aliphatic hydroxyl groups excluding tert-OH is 2. The van der Waals surface area contributed by atoms with Gasteiger partial charge in [-0.25, -0.2) is 4.99 Å². The van der Waals surface area contributed by atoms with Crippen molar-refractivity contribution < 1.29 is 24.5 Å². The molecule has 0 saturated carbocycles. The fraction of sp³-hybridized carbons (Fsp3) is 0.611. The Balaban J connectivity index is 2.12. The number of aliphatic hydroxyl groups is 2. The van der Waals surface area contributed by atoms with Gasteiger partial charge in [-0.05, 0) is 24.5 Å². The Kier molecular flexibility index (Phi) is 6.29. The largest absolute Gasteiger partial charge is 0.462 e. The summed E-state index contributed by atoms with van der Waals surface area (Å²) in [6, 6.07) is 2.44. The van der Waals surface area contributed by atoms with Crippen molar-refractivity contribution >= 4 is 18.1 Å². The first kappa shape index (κ1) is 22.0. The van der Waals surface area contributed by atoms with Crippen molar-refractivity contribution in [2.75, 3.05) is 6.61 Å². The lowest BCUT2D eigenvalue weighted by Gasteiger charge is -2.27. The van der Waals surface area contributed by atoms with Crippen molar-refractivity contribution in [2.24, 2.45) is 21.9 Å². The van der Waals surface area contributed by atoms with Crippen molar-refractivity contribution in [2.45, 2.75) is 57.6 Å². The number of carbonyl (C=O) groups excluding carboxylic acids is 1. The van der Waals surface area contributed by atoms with Crippen LogP contribution in [0.25, 0.3) is 0 Å². The number of hydrogen-bond acceptors (Lipinski definition) is 7. The van der Waals surface area contributed by atoms with Crippen molar-refractivity contribution in [3.63, 3.8) is 0 Å². The molecule has 5 atom stereocenters. The van der Waals surface area contributed by atoms with Crippen LogP contribution in [-0.4, -0.2) is 64.3 Å². The number of esters is 1. The van der Waals surface area contributed by atoms with Gasteiger partial charge in [0.05, 0.1) is 11.4 Å². The first-order valence-electron chi connectivity index (χ1n) is 8.90. The fourth-order valence-electron chi connectivity index (χ4n) is 2.92. The predicted molar refractivity (Wildman–Crippen MR) is 103 cm³/mol. The lowest BCUT2D eigenvalue weighted by atomic mass is 9.87. The highest BCUT2D eigenvalue weighted by Crippen LogP contribution is 2.39. The molecule has 0 unspecified atom stereocenters. The standard InChI is InChI=1S/C18H29N5O5/c1-17(2,3)13(20)16(26)27-7-10-12(24)14(25)18(4,28-10)11-6-5-9(23-11)15(21)22-8-19/h5-6,8,10,12-14,23-25H,7,20H2,1-4H3,(H3,19,21,22)/t10-,12-,13+,14-,18+/m1/s1. The third-order valence-corrected chi connectivity index (χ3v) is 4.94. The van der Waals surface area contributed by atoms with Gasteiger partial charge in [0, 0.05) is 0 Å². The van der Waals surface area contributed by atoms with E-state index in [1.165, 1.54) is 0 Å². The number of nitrogens with two attached hydrogens (primary N) is 2. The number of nitrogens with zero attached hydrogens (tertiary/aromatic N) is 1. The average molecular weight is 395 g/mol. The molecule has 10 heteroatoms. The highest BCUT2D eigenvalue weighted by atomic mass is 16.6. The molecule has 156 valence electrons. The minimum atomic E-state index is -1.29. The van der Waals surface area contributed by atoms with Crippen LogP contribution in [0.1, 0.15) is 39.1 Å². The average Bonchev–Trinajstić information content (AvgIpc) is 3.20. The van der Waals surface area contributed by atoms with Crippen molar-refractivity contribution in [1.82, 2.24) is 4.98 Å². The lowest BCUT2D eigenvalue weighted by Crippen LogP contribution is -2.44. The van der Waals surface area contributed by atoms with Gasteiger partial charge >= 0.3 is 5.97 Å². The Morgan fingerprint density at radius 3 is 2.71 bits per heavy atom. The zero-order valence-electron chi connectivity index (χ0n) is 16.5. The van der Waals surface area contributed by atoms with Crippen LogP contribution in [0.2, 0.25) is 0 Å². The molecule has 0 bridgehead atoms. The fourth-order valence-corrected chi connectivity index (χ4v) is 2.92. The van der Waals surface area contributed by atoms with E-state index >= 15 is 0 Å². The second kappa shape index (κ2) is 8.00. The summed E-state index contributed by atoms with van der Waals surface area (Å²) in [4.78, 5) is 18.8.